The van der Waals surface area contributed by atoms with Crippen molar-refractivity contribution in [2.24, 2.45) is 9.98 Å². The molecule has 0 saturated heterocycles. The van der Waals surface area contributed by atoms with Crippen molar-refractivity contribution in [3.05, 3.63) is 130 Å². The SMILES string of the molecule is CC(C)(c1ccc(OC(=O)NCc2cccc(CN=C=O)c2)cc1)c1ccc(OC(=O)NCc2cccc(CN=C=O)c2)cc1. The summed E-state index contributed by atoms with van der Waals surface area (Å²) in [6, 6.07) is 29.3. The Morgan fingerprint density at radius 3 is 1.38 bits per heavy atom. The van der Waals surface area contributed by atoms with Crippen LogP contribution in [0.2, 0.25) is 0 Å². The van der Waals surface area contributed by atoms with Gasteiger partial charge in [0.05, 0.1) is 13.1 Å². The zero-order valence-electron chi connectivity index (χ0n) is 24.9. The van der Waals surface area contributed by atoms with Crippen molar-refractivity contribution >= 4 is 24.3 Å². The third-order valence-corrected chi connectivity index (χ3v) is 7.08. The van der Waals surface area contributed by atoms with Crippen LogP contribution in [0.1, 0.15) is 47.2 Å². The molecule has 45 heavy (non-hydrogen) atoms. The number of hydrogen-bond donors (Lipinski definition) is 2. The summed E-state index contributed by atoms with van der Waals surface area (Å²) < 4.78 is 10.9. The van der Waals surface area contributed by atoms with Gasteiger partial charge in [-0.2, -0.15) is 0 Å². The highest BCUT2D eigenvalue weighted by molar-refractivity contribution is 5.71. The Morgan fingerprint density at radius 1 is 0.622 bits per heavy atom. The number of aliphatic imine (C=N–C) groups is 2. The molecule has 0 aliphatic carbocycles. The molecule has 0 heterocycles. The van der Waals surface area contributed by atoms with Gasteiger partial charge < -0.3 is 20.1 Å². The first-order chi connectivity index (χ1) is 21.8. The third-order valence-electron chi connectivity index (χ3n) is 7.08. The summed E-state index contributed by atoms with van der Waals surface area (Å²) in [5.74, 6) is 0.800. The summed E-state index contributed by atoms with van der Waals surface area (Å²) in [5.41, 5.74) is 4.99. The molecule has 0 bridgehead atoms. The van der Waals surface area contributed by atoms with Crippen LogP contribution < -0.4 is 20.1 Å². The molecule has 2 N–H and O–H groups in total. The predicted molar refractivity (Wildman–Crippen MR) is 167 cm³/mol. The first kappa shape index (κ1) is 32.1. The molecule has 0 spiro atoms. The lowest BCUT2D eigenvalue weighted by Gasteiger charge is -2.26. The number of benzene rings is 4. The van der Waals surface area contributed by atoms with E-state index in [4.69, 9.17) is 9.47 Å². The largest absolute Gasteiger partial charge is 0.412 e. The molecule has 0 radical (unpaired) electrons. The second kappa shape index (κ2) is 15.6. The van der Waals surface area contributed by atoms with Crippen molar-refractivity contribution in [1.82, 2.24) is 10.6 Å². The number of carbonyl (C=O) groups is 2. The lowest BCUT2D eigenvalue weighted by atomic mass is 9.78. The van der Waals surface area contributed by atoms with Crippen LogP contribution in [0.5, 0.6) is 11.5 Å². The second-order valence-electron chi connectivity index (χ2n) is 10.6. The fourth-order valence-corrected chi connectivity index (χ4v) is 4.60. The monoisotopic (exact) mass is 604 g/mol. The molecule has 0 atom stereocenters. The molecule has 0 unspecified atom stereocenters. The number of nitrogens with zero attached hydrogens (tertiary/aromatic N) is 2. The normalized spacial score (nSPS) is 10.5. The highest BCUT2D eigenvalue weighted by atomic mass is 16.6. The van der Waals surface area contributed by atoms with E-state index in [0.29, 0.717) is 11.5 Å². The lowest BCUT2D eigenvalue weighted by Crippen LogP contribution is -2.26. The molecule has 0 fully saturated rings. The van der Waals surface area contributed by atoms with Gasteiger partial charge in [0.1, 0.15) is 11.5 Å². The van der Waals surface area contributed by atoms with Crippen LogP contribution in [-0.2, 0) is 41.2 Å². The van der Waals surface area contributed by atoms with E-state index in [-0.39, 0.29) is 31.6 Å². The summed E-state index contributed by atoms with van der Waals surface area (Å²) in [5, 5.41) is 5.44. The van der Waals surface area contributed by atoms with Gasteiger partial charge in [-0.25, -0.2) is 29.2 Å². The van der Waals surface area contributed by atoms with Gasteiger partial charge in [0, 0.05) is 18.5 Å². The van der Waals surface area contributed by atoms with E-state index < -0.39 is 12.2 Å². The highest BCUT2D eigenvalue weighted by Gasteiger charge is 2.23. The van der Waals surface area contributed by atoms with Crippen LogP contribution in [0.4, 0.5) is 9.59 Å². The number of isocyanates is 2. The van der Waals surface area contributed by atoms with Gasteiger partial charge in [0.25, 0.3) is 0 Å². The van der Waals surface area contributed by atoms with Crippen molar-refractivity contribution in [3.63, 3.8) is 0 Å². The van der Waals surface area contributed by atoms with Crippen LogP contribution in [0, 0.1) is 0 Å². The second-order valence-corrected chi connectivity index (χ2v) is 10.6. The van der Waals surface area contributed by atoms with Crippen molar-refractivity contribution < 1.29 is 28.7 Å². The maximum absolute atomic E-state index is 12.4. The minimum Gasteiger partial charge on any atom is -0.410 e. The van der Waals surface area contributed by atoms with Crippen LogP contribution >= 0.6 is 0 Å². The summed E-state index contributed by atoms with van der Waals surface area (Å²) in [6.07, 6.45) is 1.86. The maximum Gasteiger partial charge on any atom is 0.412 e. The molecule has 10 nitrogen and oxygen atoms in total. The molecule has 0 saturated carbocycles. The van der Waals surface area contributed by atoms with Crippen LogP contribution in [0.15, 0.2) is 107 Å². The minimum absolute atomic E-state index is 0.235. The fraction of sp³-hybridized carbons (Fsp3) is 0.200. The number of hydrogen-bond acceptors (Lipinski definition) is 8. The van der Waals surface area contributed by atoms with Crippen LogP contribution in [0.25, 0.3) is 0 Å². The van der Waals surface area contributed by atoms with E-state index >= 15 is 0 Å². The van der Waals surface area contributed by atoms with E-state index in [0.717, 1.165) is 33.4 Å². The molecule has 0 aliphatic heterocycles. The molecule has 228 valence electrons. The molecule has 4 aromatic rings. The molecular formula is C35H32N4O6. The summed E-state index contributed by atoms with van der Waals surface area (Å²) >= 11 is 0. The Morgan fingerprint density at radius 2 is 1.00 bits per heavy atom. The number of nitrogens with one attached hydrogen (secondary N) is 2. The van der Waals surface area contributed by atoms with Gasteiger partial charge >= 0.3 is 12.2 Å². The highest BCUT2D eigenvalue weighted by Crippen LogP contribution is 2.33. The van der Waals surface area contributed by atoms with E-state index in [1.807, 2.05) is 72.8 Å². The number of amides is 2. The average Bonchev–Trinajstić information content (AvgIpc) is 3.05. The number of ether oxygens (including phenoxy) is 2. The minimum atomic E-state index is -0.587. The van der Waals surface area contributed by atoms with E-state index in [2.05, 4.69) is 34.5 Å². The Balaban J connectivity index is 1.28. The Hall–Kier alpha value is -5.82. The topological polar surface area (TPSA) is 136 Å². The van der Waals surface area contributed by atoms with Gasteiger partial charge in [-0.1, -0.05) is 86.6 Å². The Bertz CT molecular complexity index is 1600. The number of rotatable bonds is 12. The van der Waals surface area contributed by atoms with Gasteiger partial charge in [0.15, 0.2) is 0 Å². The van der Waals surface area contributed by atoms with Crippen LogP contribution in [0.3, 0.4) is 0 Å². The fourth-order valence-electron chi connectivity index (χ4n) is 4.60. The van der Waals surface area contributed by atoms with Gasteiger partial charge in [-0.3, -0.25) is 0 Å². The average molecular weight is 605 g/mol. The Kier molecular flexibility index (Phi) is 11.1. The molecule has 4 aromatic carbocycles. The summed E-state index contributed by atoms with van der Waals surface area (Å²) in [7, 11) is 0. The van der Waals surface area contributed by atoms with E-state index in [1.54, 1.807) is 24.3 Å². The zero-order chi connectivity index (χ0) is 32.1. The predicted octanol–water partition coefficient (Wildman–Crippen LogP) is 6.26. The van der Waals surface area contributed by atoms with Crippen LogP contribution in [-0.4, -0.2) is 24.3 Å². The van der Waals surface area contributed by atoms with Gasteiger partial charge in [-0.15, -0.1) is 0 Å². The molecule has 0 aliphatic rings. The van der Waals surface area contributed by atoms with Crippen molar-refractivity contribution in [1.29, 1.82) is 0 Å². The van der Waals surface area contributed by atoms with E-state index in [1.165, 1.54) is 12.2 Å². The van der Waals surface area contributed by atoms with Crippen molar-refractivity contribution in [2.45, 2.75) is 45.4 Å². The summed E-state index contributed by atoms with van der Waals surface area (Å²) in [6.45, 7) is 5.13. The third kappa shape index (κ3) is 9.59. The quantitative estimate of drug-likeness (QED) is 0.145. The van der Waals surface area contributed by atoms with Gasteiger partial charge in [-0.05, 0) is 57.6 Å². The zero-order valence-corrected chi connectivity index (χ0v) is 24.9. The molecule has 0 aromatic heterocycles. The molecule has 4 rings (SSSR count). The number of carbonyl (C=O) groups excluding carboxylic acids is 4. The Labute approximate surface area is 260 Å². The summed E-state index contributed by atoms with van der Waals surface area (Å²) in [4.78, 5) is 52.5. The first-order valence-electron chi connectivity index (χ1n) is 14.1. The van der Waals surface area contributed by atoms with Crippen molar-refractivity contribution in [2.75, 3.05) is 0 Å². The van der Waals surface area contributed by atoms with E-state index in [9.17, 15) is 19.2 Å². The van der Waals surface area contributed by atoms with Crippen molar-refractivity contribution in [3.8, 4) is 11.5 Å². The van der Waals surface area contributed by atoms with Gasteiger partial charge in [0.2, 0.25) is 12.2 Å². The standard InChI is InChI=1S/C35H32N4O6/c1-35(2,29-9-13-31(14-10-29)44-33(42)38-21-27-7-3-5-25(17-27)19-36-23-40)30-11-15-32(16-12-30)45-34(43)39-22-28-8-4-6-26(18-28)20-37-24-41/h3-18H,19-22H2,1-2H3,(H,38,42)(H,39,43). The molecule has 10 heteroatoms. The molecular weight excluding hydrogens is 572 g/mol. The molecule has 2 amide bonds. The lowest BCUT2D eigenvalue weighted by molar-refractivity contribution is 0.199. The first-order valence-corrected chi connectivity index (χ1v) is 14.1. The maximum atomic E-state index is 12.4. The smallest absolute Gasteiger partial charge is 0.410 e.